The van der Waals surface area contributed by atoms with Crippen molar-refractivity contribution < 1.29 is 4.39 Å². The molecule has 1 saturated heterocycles. The third-order valence-electron chi connectivity index (χ3n) is 5.24. The smallest absolute Gasteiger partial charge is 0.137 e. The standard InChI is InChI=1S/C17H24BrFN2/c18-14-8-7-13(10-15(14)19)17(11-20)21-9-3-5-12-4-1-2-6-16(12)21/h7-8,10,12,16-17H,1-6,9,11,20H2/t12-,16-,17?/m1/s1. The second-order valence-corrected chi connectivity index (χ2v) is 7.27. The number of fused-ring (bicyclic) bond motifs is 1. The van der Waals surface area contributed by atoms with Crippen molar-refractivity contribution in [2.75, 3.05) is 13.1 Å². The van der Waals surface area contributed by atoms with Crippen molar-refractivity contribution in [3.05, 3.63) is 34.1 Å². The summed E-state index contributed by atoms with van der Waals surface area (Å²) < 4.78 is 14.4. The number of nitrogens with two attached hydrogens (primary N) is 1. The van der Waals surface area contributed by atoms with Crippen molar-refractivity contribution in [3.8, 4) is 0 Å². The molecule has 0 bridgehead atoms. The molecular formula is C17H24BrFN2. The van der Waals surface area contributed by atoms with Gasteiger partial charge in [0.2, 0.25) is 0 Å². The first-order chi connectivity index (χ1) is 10.2. The quantitative estimate of drug-likeness (QED) is 0.879. The maximum absolute atomic E-state index is 13.9. The van der Waals surface area contributed by atoms with E-state index in [4.69, 9.17) is 5.73 Å². The van der Waals surface area contributed by atoms with Gasteiger partial charge in [0.1, 0.15) is 5.82 Å². The van der Waals surface area contributed by atoms with Crippen molar-refractivity contribution >= 4 is 15.9 Å². The number of rotatable bonds is 3. The van der Waals surface area contributed by atoms with E-state index in [1.54, 1.807) is 12.1 Å². The van der Waals surface area contributed by atoms with Crippen LogP contribution >= 0.6 is 15.9 Å². The molecular weight excluding hydrogens is 331 g/mol. The summed E-state index contributed by atoms with van der Waals surface area (Å²) in [5, 5.41) is 0. The molecule has 1 unspecified atom stereocenters. The summed E-state index contributed by atoms with van der Waals surface area (Å²) in [6, 6.07) is 6.26. The fraction of sp³-hybridized carbons (Fsp3) is 0.647. The highest BCUT2D eigenvalue weighted by atomic mass is 79.9. The lowest BCUT2D eigenvalue weighted by Gasteiger charge is -2.47. The molecule has 1 aromatic carbocycles. The molecule has 21 heavy (non-hydrogen) atoms. The van der Waals surface area contributed by atoms with Crippen LogP contribution in [0.25, 0.3) is 0 Å². The van der Waals surface area contributed by atoms with Gasteiger partial charge in [-0.1, -0.05) is 18.9 Å². The molecule has 1 saturated carbocycles. The number of halogens is 2. The number of nitrogens with zero attached hydrogens (tertiary/aromatic N) is 1. The predicted octanol–water partition coefficient (Wildman–Crippen LogP) is 4.24. The van der Waals surface area contributed by atoms with Gasteiger partial charge in [-0.25, -0.2) is 4.39 Å². The summed E-state index contributed by atoms with van der Waals surface area (Å²) >= 11 is 3.23. The van der Waals surface area contributed by atoms with Crippen LogP contribution in [0.1, 0.15) is 50.1 Å². The minimum absolute atomic E-state index is 0.151. The zero-order chi connectivity index (χ0) is 14.8. The van der Waals surface area contributed by atoms with Gasteiger partial charge in [-0.2, -0.15) is 0 Å². The molecule has 1 aliphatic heterocycles. The molecule has 1 aromatic rings. The predicted molar refractivity (Wildman–Crippen MR) is 87.6 cm³/mol. The first-order valence-electron chi connectivity index (χ1n) is 8.11. The lowest BCUT2D eigenvalue weighted by atomic mass is 9.77. The highest BCUT2D eigenvalue weighted by Crippen LogP contribution is 2.39. The van der Waals surface area contributed by atoms with E-state index in [-0.39, 0.29) is 11.9 Å². The summed E-state index contributed by atoms with van der Waals surface area (Å²) in [4.78, 5) is 2.57. The lowest BCUT2D eigenvalue weighted by Crippen LogP contribution is -2.50. The van der Waals surface area contributed by atoms with E-state index in [0.717, 1.165) is 18.0 Å². The Labute approximate surface area is 135 Å². The van der Waals surface area contributed by atoms with E-state index in [2.05, 4.69) is 20.8 Å². The van der Waals surface area contributed by atoms with E-state index in [0.29, 0.717) is 17.1 Å². The number of piperidine rings is 1. The van der Waals surface area contributed by atoms with Gasteiger partial charge in [0, 0.05) is 18.6 Å². The van der Waals surface area contributed by atoms with E-state index in [9.17, 15) is 4.39 Å². The minimum Gasteiger partial charge on any atom is -0.329 e. The van der Waals surface area contributed by atoms with Gasteiger partial charge >= 0.3 is 0 Å². The summed E-state index contributed by atoms with van der Waals surface area (Å²) in [5.41, 5.74) is 7.09. The largest absolute Gasteiger partial charge is 0.329 e. The molecule has 3 atom stereocenters. The monoisotopic (exact) mass is 354 g/mol. The number of hydrogen-bond donors (Lipinski definition) is 1. The molecule has 1 heterocycles. The van der Waals surface area contributed by atoms with E-state index >= 15 is 0 Å². The van der Waals surface area contributed by atoms with Crippen molar-refractivity contribution in [1.82, 2.24) is 4.90 Å². The normalized spacial score (nSPS) is 28.1. The Morgan fingerprint density at radius 1 is 1.24 bits per heavy atom. The van der Waals surface area contributed by atoms with Gasteiger partial charge < -0.3 is 5.73 Å². The molecule has 2 nitrogen and oxygen atoms in total. The first-order valence-corrected chi connectivity index (χ1v) is 8.90. The number of likely N-dealkylation sites (tertiary alicyclic amines) is 1. The Morgan fingerprint density at radius 3 is 2.76 bits per heavy atom. The molecule has 3 rings (SSSR count). The Bertz CT molecular complexity index is 492. The highest BCUT2D eigenvalue weighted by molar-refractivity contribution is 9.10. The molecule has 4 heteroatoms. The Morgan fingerprint density at radius 2 is 2.00 bits per heavy atom. The first kappa shape index (κ1) is 15.4. The minimum atomic E-state index is -0.192. The van der Waals surface area contributed by atoms with Crippen molar-refractivity contribution in [2.45, 2.75) is 50.6 Å². The zero-order valence-electron chi connectivity index (χ0n) is 12.4. The fourth-order valence-electron chi connectivity index (χ4n) is 4.23. The van der Waals surface area contributed by atoms with E-state index in [1.807, 2.05) is 6.07 Å². The van der Waals surface area contributed by atoms with Crippen LogP contribution in [0.2, 0.25) is 0 Å². The molecule has 1 aliphatic carbocycles. The van der Waals surface area contributed by atoms with Gasteiger partial charge in [-0.05, 0) is 71.8 Å². The SMILES string of the molecule is NCC(c1ccc(Br)c(F)c1)N1CCC[C@H]2CCCC[C@H]21. The molecule has 0 amide bonds. The van der Waals surface area contributed by atoms with Crippen molar-refractivity contribution in [1.29, 1.82) is 0 Å². The number of hydrogen-bond acceptors (Lipinski definition) is 2. The molecule has 0 spiro atoms. The van der Waals surface area contributed by atoms with Gasteiger partial charge in [0.05, 0.1) is 4.47 Å². The Hall–Kier alpha value is -0.450. The van der Waals surface area contributed by atoms with Crippen LogP contribution in [-0.2, 0) is 0 Å². The molecule has 116 valence electrons. The topological polar surface area (TPSA) is 29.3 Å². The molecule has 0 radical (unpaired) electrons. The maximum Gasteiger partial charge on any atom is 0.137 e. The van der Waals surface area contributed by atoms with Crippen LogP contribution in [0.3, 0.4) is 0 Å². The van der Waals surface area contributed by atoms with Crippen LogP contribution in [0.4, 0.5) is 4.39 Å². The van der Waals surface area contributed by atoms with Gasteiger partial charge in [0.25, 0.3) is 0 Å². The average molecular weight is 355 g/mol. The summed E-state index contributed by atoms with van der Waals surface area (Å²) in [6.07, 6.45) is 7.93. The van der Waals surface area contributed by atoms with E-state index < -0.39 is 0 Å². The van der Waals surface area contributed by atoms with Gasteiger partial charge in [0.15, 0.2) is 0 Å². The third kappa shape index (κ3) is 3.17. The van der Waals surface area contributed by atoms with Crippen LogP contribution in [0, 0.1) is 11.7 Å². The molecule has 2 aliphatic rings. The maximum atomic E-state index is 13.9. The second-order valence-electron chi connectivity index (χ2n) is 6.42. The summed E-state index contributed by atoms with van der Waals surface area (Å²) in [6.45, 7) is 1.66. The third-order valence-corrected chi connectivity index (χ3v) is 5.88. The van der Waals surface area contributed by atoms with Crippen molar-refractivity contribution in [3.63, 3.8) is 0 Å². The summed E-state index contributed by atoms with van der Waals surface area (Å²) in [5.74, 6) is 0.630. The van der Waals surface area contributed by atoms with Gasteiger partial charge in [-0.15, -0.1) is 0 Å². The summed E-state index contributed by atoms with van der Waals surface area (Å²) in [7, 11) is 0. The number of benzene rings is 1. The Kier molecular flexibility index (Phi) is 4.97. The fourth-order valence-corrected chi connectivity index (χ4v) is 4.48. The Balaban J connectivity index is 1.85. The van der Waals surface area contributed by atoms with Crippen LogP contribution in [0.15, 0.2) is 22.7 Å². The van der Waals surface area contributed by atoms with E-state index in [1.165, 1.54) is 38.5 Å². The van der Waals surface area contributed by atoms with Crippen LogP contribution < -0.4 is 5.73 Å². The molecule has 2 fully saturated rings. The molecule has 2 N–H and O–H groups in total. The second kappa shape index (κ2) is 6.76. The van der Waals surface area contributed by atoms with Gasteiger partial charge in [-0.3, -0.25) is 4.90 Å². The molecule has 0 aromatic heterocycles. The highest BCUT2D eigenvalue weighted by Gasteiger charge is 2.36. The van der Waals surface area contributed by atoms with Crippen LogP contribution in [0.5, 0.6) is 0 Å². The van der Waals surface area contributed by atoms with Crippen LogP contribution in [-0.4, -0.2) is 24.0 Å². The van der Waals surface area contributed by atoms with Crippen molar-refractivity contribution in [2.24, 2.45) is 11.7 Å². The average Bonchev–Trinajstić information content (AvgIpc) is 2.52. The lowest BCUT2D eigenvalue weighted by molar-refractivity contribution is 0.0275. The zero-order valence-corrected chi connectivity index (χ0v) is 14.0.